The van der Waals surface area contributed by atoms with Gasteiger partial charge in [-0.25, -0.2) is 0 Å². The van der Waals surface area contributed by atoms with Gasteiger partial charge in [-0.1, -0.05) is 65.7 Å². The Hall–Kier alpha value is -1.85. The van der Waals surface area contributed by atoms with Gasteiger partial charge >= 0.3 is 0 Å². The van der Waals surface area contributed by atoms with E-state index in [1.165, 1.54) is 18.4 Å². The number of thiophene rings is 1. The Labute approximate surface area is 210 Å². The number of rotatable bonds is 4. The maximum atomic E-state index is 12.8. The third-order valence-electron chi connectivity index (χ3n) is 6.54. The second kappa shape index (κ2) is 12.0. The van der Waals surface area contributed by atoms with E-state index in [1.807, 2.05) is 27.8 Å². The van der Waals surface area contributed by atoms with E-state index in [-0.39, 0.29) is 5.91 Å². The predicted octanol–water partition coefficient (Wildman–Crippen LogP) is 7.08. The molecule has 0 aliphatic carbocycles. The fourth-order valence-corrected chi connectivity index (χ4v) is 5.50. The minimum Gasteiger partial charge on any atom is -0.338 e. The van der Waals surface area contributed by atoms with Crippen molar-refractivity contribution in [1.29, 1.82) is 0 Å². The molecule has 3 heterocycles. The van der Waals surface area contributed by atoms with Gasteiger partial charge in [-0.2, -0.15) is 11.3 Å². The lowest BCUT2D eigenvalue weighted by atomic mass is 9.89. The zero-order valence-electron chi connectivity index (χ0n) is 18.7. The lowest BCUT2D eigenvalue weighted by molar-refractivity contribution is 0.0782. The summed E-state index contributed by atoms with van der Waals surface area (Å²) in [5.41, 5.74) is 2.10. The van der Waals surface area contributed by atoms with Crippen LogP contribution >= 0.6 is 34.5 Å². The average molecular weight is 502 g/mol. The molecule has 174 valence electrons. The molecule has 0 spiro atoms. The van der Waals surface area contributed by atoms with Crippen molar-refractivity contribution in [3.05, 3.63) is 92.6 Å². The summed E-state index contributed by atoms with van der Waals surface area (Å²) >= 11 is 13.7. The first-order valence-electron chi connectivity index (χ1n) is 11.6. The molecule has 2 saturated heterocycles. The van der Waals surface area contributed by atoms with Gasteiger partial charge in [0.05, 0.1) is 10.0 Å². The van der Waals surface area contributed by atoms with Crippen molar-refractivity contribution in [3.8, 4) is 0 Å². The lowest BCUT2D eigenvalue weighted by Crippen LogP contribution is -2.37. The van der Waals surface area contributed by atoms with E-state index in [2.05, 4.69) is 35.2 Å². The van der Waals surface area contributed by atoms with E-state index in [1.54, 1.807) is 29.5 Å². The first kappa shape index (κ1) is 24.3. The van der Waals surface area contributed by atoms with Crippen LogP contribution in [0.2, 0.25) is 10.0 Å². The van der Waals surface area contributed by atoms with Crippen LogP contribution < -0.4 is 0 Å². The van der Waals surface area contributed by atoms with Crippen molar-refractivity contribution < 1.29 is 4.79 Å². The third-order valence-corrected chi connectivity index (χ3v) is 7.91. The van der Waals surface area contributed by atoms with Crippen molar-refractivity contribution in [1.82, 2.24) is 9.80 Å². The number of hydrogen-bond acceptors (Lipinski definition) is 3. The Bertz CT molecular complexity index is 987. The lowest BCUT2D eigenvalue weighted by Gasteiger charge is -2.33. The number of amides is 1. The number of nitrogens with zero attached hydrogens (tertiary/aromatic N) is 2. The van der Waals surface area contributed by atoms with Gasteiger partial charge in [0.2, 0.25) is 0 Å². The van der Waals surface area contributed by atoms with Crippen molar-refractivity contribution in [2.75, 3.05) is 32.7 Å². The standard InChI is InChI=1S/C23H26Cl2N2O.C4H4S/c24-21-7-6-20(14-22(21)25)23(28)27-13-8-17(16-27)15-26-11-9-19(10-12-26)18-4-2-1-3-5-18;1-2-4-5-3-1/h1-7,14,17,19H,8-13,15-16H2;1-4H/t17-;/m1./s1. The van der Waals surface area contributed by atoms with Crippen LogP contribution in [-0.4, -0.2) is 48.4 Å². The summed E-state index contributed by atoms with van der Waals surface area (Å²) in [5, 5.41) is 5.00. The Morgan fingerprint density at radius 1 is 0.879 bits per heavy atom. The minimum absolute atomic E-state index is 0.0591. The number of likely N-dealkylation sites (tertiary alicyclic amines) is 2. The number of piperidine rings is 1. The maximum Gasteiger partial charge on any atom is 0.253 e. The highest BCUT2D eigenvalue weighted by molar-refractivity contribution is 7.07. The summed E-state index contributed by atoms with van der Waals surface area (Å²) in [7, 11) is 0. The molecule has 0 bridgehead atoms. The zero-order valence-corrected chi connectivity index (χ0v) is 21.0. The van der Waals surface area contributed by atoms with Crippen LogP contribution in [-0.2, 0) is 0 Å². The second-order valence-electron chi connectivity index (χ2n) is 8.81. The first-order chi connectivity index (χ1) is 16.1. The molecule has 0 saturated carbocycles. The molecular formula is C27H30Cl2N2OS. The van der Waals surface area contributed by atoms with Crippen LogP contribution in [0.4, 0.5) is 0 Å². The van der Waals surface area contributed by atoms with E-state index in [0.717, 1.165) is 39.1 Å². The zero-order chi connectivity index (χ0) is 23.0. The number of benzene rings is 2. The molecule has 1 atom stereocenters. The average Bonchev–Trinajstić information content (AvgIpc) is 3.57. The summed E-state index contributed by atoms with van der Waals surface area (Å²) in [6.07, 6.45) is 3.52. The summed E-state index contributed by atoms with van der Waals surface area (Å²) in [6, 6.07) is 20.0. The number of carbonyl (C=O) groups is 1. The summed E-state index contributed by atoms with van der Waals surface area (Å²) in [6.45, 7) is 5.04. The van der Waals surface area contributed by atoms with Gasteiger partial charge in [-0.15, -0.1) is 0 Å². The summed E-state index contributed by atoms with van der Waals surface area (Å²) in [4.78, 5) is 17.3. The highest BCUT2D eigenvalue weighted by Gasteiger charge is 2.30. The topological polar surface area (TPSA) is 23.6 Å². The number of carbonyl (C=O) groups excluding carboxylic acids is 1. The van der Waals surface area contributed by atoms with Crippen molar-refractivity contribution in [3.63, 3.8) is 0 Å². The van der Waals surface area contributed by atoms with Crippen molar-refractivity contribution in [2.45, 2.75) is 25.2 Å². The summed E-state index contributed by atoms with van der Waals surface area (Å²) < 4.78 is 0. The Morgan fingerprint density at radius 2 is 1.61 bits per heavy atom. The monoisotopic (exact) mass is 500 g/mol. The molecule has 0 unspecified atom stereocenters. The molecule has 2 aromatic carbocycles. The van der Waals surface area contributed by atoms with E-state index < -0.39 is 0 Å². The molecule has 3 aromatic rings. The quantitative estimate of drug-likeness (QED) is 0.381. The Kier molecular flexibility index (Phi) is 8.85. The van der Waals surface area contributed by atoms with Gasteiger partial charge in [0.25, 0.3) is 5.91 Å². The summed E-state index contributed by atoms with van der Waals surface area (Å²) in [5.74, 6) is 1.30. The van der Waals surface area contributed by atoms with E-state index in [9.17, 15) is 4.79 Å². The van der Waals surface area contributed by atoms with Crippen LogP contribution in [0.15, 0.2) is 71.4 Å². The van der Waals surface area contributed by atoms with Crippen molar-refractivity contribution >= 4 is 40.4 Å². The molecule has 2 aliphatic rings. The highest BCUT2D eigenvalue weighted by atomic mass is 35.5. The van der Waals surface area contributed by atoms with E-state index >= 15 is 0 Å². The van der Waals surface area contributed by atoms with Gasteiger partial charge in [0.15, 0.2) is 0 Å². The van der Waals surface area contributed by atoms with Crippen molar-refractivity contribution in [2.24, 2.45) is 5.92 Å². The first-order valence-corrected chi connectivity index (χ1v) is 13.3. The molecular weight excluding hydrogens is 471 g/mol. The highest BCUT2D eigenvalue weighted by Crippen LogP contribution is 2.30. The van der Waals surface area contributed by atoms with E-state index in [0.29, 0.717) is 27.4 Å². The molecule has 33 heavy (non-hydrogen) atoms. The van der Waals surface area contributed by atoms with Crippen LogP contribution in [0.25, 0.3) is 0 Å². The van der Waals surface area contributed by atoms with Gasteiger partial charge in [-0.3, -0.25) is 4.79 Å². The minimum atomic E-state index is 0.0591. The van der Waals surface area contributed by atoms with Crippen LogP contribution in [0, 0.1) is 5.92 Å². The van der Waals surface area contributed by atoms with Gasteiger partial charge in [0.1, 0.15) is 0 Å². The van der Waals surface area contributed by atoms with Gasteiger partial charge in [0, 0.05) is 25.2 Å². The molecule has 2 fully saturated rings. The van der Waals surface area contributed by atoms with Crippen LogP contribution in [0.5, 0.6) is 0 Å². The largest absolute Gasteiger partial charge is 0.338 e. The molecule has 6 heteroatoms. The fourth-order valence-electron chi connectivity index (χ4n) is 4.74. The smallest absolute Gasteiger partial charge is 0.253 e. The normalized spacial score (nSPS) is 19.2. The molecule has 1 aromatic heterocycles. The van der Waals surface area contributed by atoms with Crippen LogP contribution in [0.3, 0.4) is 0 Å². The Balaban J connectivity index is 0.000000459. The predicted molar refractivity (Wildman–Crippen MR) is 140 cm³/mol. The molecule has 0 N–H and O–H groups in total. The second-order valence-corrected chi connectivity index (χ2v) is 10.4. The number of halogens is 2. The maximum absolute atomic E-state index is 12.8. The third kappa shape index (κ3) is 6.83. The molecule has 2 aliphatic heterocycles. The molecule has 0 radical (unpaired) electrons. The Morgan fingerprint density at radius 3 is 2.24 bits per heavy atom. The van der Waals surface area contributed by atoms with Gasteiger partial charge in [-0.05, 0) is 78.7 Å². The van der Waals surface area contributed by atoms with Gasteiger partial charge < -0.3 is 9.80 Å². The fraction of sp³-hybridized carbons (Fsp3) is 0.370. The van der Waals surface area contributed by atoms with Crippen LogP contribution in [0.1, 0.15) is 41.1 Å². The molecule has 5 rings (SSSR count). The van der Waals surface area contributed by atoms with E-state index in [4.69, 9.17) is 23.2 Å². The molecule has 3 nitrogen and oxygen atoms in total. The number of hydrogen-bond donors (Lipinski definition) is 0. The SMILES string of the molecule is O=C(c1ccc(Cl)c(Cl)c1)N1CC[C@H](CN2CCC(c3ccccc3)CC2)C1.c1ccsc1. The molecule has 1 amide bonds.